The number of hydrogen-bond acceptors (Lipinski definition) is 8. The predicted molar refractivity (Wildman–Crippen MR) is 192 cm³/mol. The summed E-state index contributed by atoms with van der Waals surface area (Å²) < 4.78 is 37.8. The van der Waals surface area contributed by atoms with Crippen LogP contribution in [0.3, 0.4) is 0 Å². The largest absolute Gasteiger partial charge is 0.467 e. The fourth-order valence-electron chi connectivity index (χ4n) is 5.84. The smallest absolute Gasteiger partial charge is 0.328 e. The number of nitrogens with one attached hydrogen (secondary N) is 2. The normalized spacial score (nSPS) is 20.7. The predicted octanol–water partition coefficient (Wildman–Crippen LogP) is 6.18. The van der Waals surface area contributed by atoms with Crippen molar-refractivity contribution < 1.29 is 38.0 Å². The quantitative estimate of drug-likeness (QED) is 0.126. The summed E-state index contributed by atoms with van der Waals surface area (Å²) in [7, 11) is 1.29. The van der Waals surface area contributed by atoms with E-state index in [9.17, 15) is 9.59 Å². The Morgan fingerprint density at radius 1 is 0.627 bits per heavy atom. The lowest BCUT2D eigenvalue weighted by Gasteiger charge is -2.46. The summed E-state index contributed by atoms with van der Waals surface area (Å²) in [5, 5.41) is 5.69. The van der Waals surface area contributed by atoms with Crippen molar-refractivity contribution in [2.75, 3.05) is 13.7 Å². The Kier molecular flexibility index (Phi) is 14.6. The van der Waals surface area contributed by atoms with E-state index in [0.717, 1.165) is 22.3 Å². The van der Waals surface area contributed by atoms with E-state index < -0.39 is 48.7 Å². The van der Waals surface area contributed by atoms with Gasteiger partial charge in [-0.05, 0) is 28.2 Å². The van der Waals surface area contributed by atoms with Gasteiger partial charge < -0.3 is 39.1 Å². The highest BCUT2D eigenvalue weighted by Crippen LogP contribution is 2.30. The number of benzene rings is 4. The standard InChI is InChI=1S/C41H48N2O8/c1-29(2)35(40(44)46-3)42-41(45)43-39-38(50-27-33-22-14-7-15-23-33)37(49-26-32-20-12-6-13-21-32)36(48-25-31-18-10-5-11-19-31)34(51-39)28-47-24-30-16-8-4-9-17-30/h4-23,29,34-39H,24-28H2,1-3H3,(H2,42,43,45)/t34-,35-,36-,37+,38-,39+/m1/s1. The third-order valence-corrected chi connectivity index (χ3v) is 8.57. The molecule has 5 rings (SSSR count). The van der Waals surface area contributed by atoms with E-state index >= 15 is 0 Å². The molecule has 2 N–H and O–H groups in total. The van der Waals surface area contributed by atoms with E-state index in [-0.39, 0.29) is 32.3 Å². The molecule has 1 heterocycles. The summed E-state index contributed by atoms with van der Waals surface area (Å²) in [6.45, 7) is 4.91. The van der Waals surface area contributed by atoms with Crippen LogP contribution in [-0.4, -0.2) is 62.4 Å². The number of carbonyl (C=O) groups excluding carboxylic acids is 2. The van der Waals surface area contributed by atoms with Crippen molar-refractivity contribution in [1.82, 2.24) is 10.6 Å². The maximum atomic E-state index is 13.6. The van der Waals surface area contributed by atoms with Crippen molar-refractivity contribution in [3.63, 3.8) is 0 Å². The molecule has 1 fully saturated rings. The van der Waals surface area contributed by atoms with Gasteiger partial charge in [0, 0.05) is 0 Å². The third kappa shape index (κ3) is 11.5. The highest BCUT2D eigenvalue weighted by atomic mass is 16.6. The van der Waals surface area contributed by atoms with Crippen LogP contribution in [0.25, 0.3) is 0 Å². The summed E-state index contributed by atoms with van der Waals surface area (Å²) in [5.74, 6) is -0.773. The van der Waals surface area contributed by atoms with Crippen LogP contribution in [-0.2, 0) is 59.6 Å². The van der Waals surface area contributed by atoms with E-state index in [2.05, 4.69) is 10.6 Å². The van der Waals surface area contributed by atoms with Crippen molar-refractivity contribution in [1.29, 1.82) is 0 Å². The molecule has 0 aliphatic carbocycles. The third-order valence-electron chi connectivity index (χ3n) is 8.57. The number of carbonyl (C=O) groups is 2. The van der Waals surface area contributed by atoms with Crippen LogP contribution in [0.1, 0.15) is 36.1 Å². The molecule has 0 bridgehead atoms. The van der Waals surface area contributed by atoms with Crippen LogP contribution >= 0.6 is 0 Å². The number of methoxy groups -OCH3 is 1. The average molecular weight is 697 g/mol. The SMILES string of the molecule is COC(=O)[C@H](NC(=O)N[C@H]1O[C@H](COCc2ccccc2)[C@@H](OCc2ccccc2)[C@H](OCc2ccccc2)[C@H]1OCc1ccccc1)C(C)C. The second-order valence-electron chi connectivity index (χ2n) is 12.7. The molecule has 0 saturated carbocycles. The number of hydrogen-bond donors (Lipinski definition) is 2. The Labute approximate surface area is 300 Å². The zero-order valence-corrected chi connectivity index (χ0v) is 29.4. The molecule has 4 aromatic carbocycles. The summed E-state index contributed by atoms with van der Waals surface area (Å²) in [4.78, 5) is 26.1. The minimum Gasteiger partial charge on any atom is -0.467 e. The highest BCUT2D eigenvalue weighted by molar-refractivity contribution is 5.83. The summed E-state index contributed by atoms with van der Waals surface area (Å²) in [6.07, 6.45) is -3.90. The van der Waals surface area contributed by atoms with Gasteiger partial charge in [0.25, 0.3) is 0 Å². The molecule has 0 aromatic heterocycles. The molecular formula is C41H48N2O8. The molecule has 0 radical (unpaired) electrons. The van der Waals surface area contributed by atoms with E-state index in [1.54, 1.807) is 0 Å². The van der Waals surface area contributed by atoms with Gasteiger partial charge in [-0.3, -0.25) is 0 Å². The minimum absolute atomic E-state index is 0.140. The highest BCUT2D eigenvalue weighted by Gasteiger charge is 2.49. The lowest BCUT2D eigenvalue weighted by molar-refractivity contribution is -0.276. The molecule has 6 atom stereocenters. The van der Waals surface area contributed by atoms with Gasteiger partial charge in [0.05, 0.1) is 40.1 Å². The molecule has 1 saturated heterocycles. The van der Waals surface area contributed by atoms with Gasteiger partial charge in [0.15, 0.2) is 6.23 Å². The van der Waals surface area contributed by atoms with Crippen LogP contribution in [0.2, 0.25) is 0 Å². The van der Waals surface area contributed by atoms with Crippen LogP contribution < -0.4 is 10.6 Å². The topological polar surface area (TPSA) is 114 Å². The Bertz CT molecular complexity index is 1590. The molecule has 270 valence electrons. The maximum absolute atomic E-state index is 13.6. The monoisotopic (exact) mass is 696 g/mol. The van der Waals surface area contributed by atoms with E-state index in [1.807, 2.05) is 135 Å². The van der Waals surface area contributed by atoms with Crippen LogP contribution in [0.15, 0.2) is 121 Å². The van der Waals surface area contributed by atoms with Gasteiger partial charge in [0.1, 0.15) is 30.5 Å². The molecule has 1 aliphatic heterocycles. The first-order chi connectivity index (χ1) is 24.9. The molecule has 51 heavy (non-hydrogen) atoms. The Morgan fingerprint density at radius 2 is 1.06 bits per heavy atom. The number of amides is 2. The first-order valence-corrected chi connectivity index (χ1v) is 17.3. The first kappa shape index (κ1) is 37.7. The Hall–Kier alpha value is -4.58. The lowest BCUT2D eigenvalue weighted by Crippen LogP contribution is -2.66. The van der Waals surface area contributed by atoms with Gasteiger partial charge in [-0.2, -0.15) is 0 Å². The zero-order valence-electron chi connectivity index (χ0n) is 29.4. The molecule has 0 unspecified atom stereocenters. The van der Waals surface area contributed by atoms with Crippen molar-refractivity contribution in [3.8, 4) is 0 Å². The fourth-order valence-corrected chi connectivity index (χ4v) is 5.84. The van der Waals surface area contributed by atoms with Crippen molar-refractivity contribution in [2.24, 2.45) is 5.92 Å². The second-order valence-corrected chi connectivity index (χ2v) is 12.7. The van der Waals surface area contributed by atoms with E-state index in [4.69, 9.17) is 28.4 Å². The Morgan fingerprint density at radius 3 is 1.51 bits per heavy atom. The van der Waals surface area contributed by atoms with E-state index in [0.29, 0.717) is 6.61 Å². The molecule has 10 heteroatoms. The molecule has 10 nitrogen and oxygen atoms in total. The van der Waals surface area contributed by atoms with Crippen LogP contribution in [0, 0.1) is 5.92 Å². The minimum atomic E-state index is -1.01. The summed E-state index contributed by atoms with van der Waals surface area (Å²) in [6, 6.07) is 37.8. The zero-order chi connectivity index (χ0) is 35.8. The van der Waals surface area contributed by atoms with Crippen LogP contribution in [0.5, 0.6) is 0 Å². The average Bonchev–Trinajstić information content (AvgIpc) is 3.16. The van der Waals surface area contributed by atoms with Gasteiger partial charge >= 0.3 is 12.0 Å². The van der Waals surface area contributed by atoms with Crippen molar-refractivity contribution in [2.45, 2.75) is 77.0 Å². The van der Waals surface area contributed by atoms with Gasteiger partial charge in [0.2, 0.25) is 0 Å². The molecule has 4 aromatic rings. The van der Waals surface area contributed by atoms with Gasteiger partial charge in [-0.1, -0.05) is 135 Å². The molecule has 1 aliphatic rings. The Balaban J connectivity index is 1.47. The summed E-state index contributed by atoms with van der Waals surface area (Å²) in [5.41, 5.74) is 3.88. The van der Waals surface area contributed by atoms with Crippen LogP contribution in [0.4, 0.5) is 4.79 Å². The van der Waals surface area contributed by atoms with E-state index in [1.165, 1.54) is 7.11 Å². The number of ether oxygens (including phenoxy) is 6. The maximum Gasteiger partial charge on any atom is 0.328 e. The lowest BCUT2D eigenvalue weighted by atomic mass is 9.96. The fraction of sp³-hybridized carbons (Fsp3) is 0.366. The number of esters is 1. The number of rotatable bonds is 17. The van der Waals surface area contributed by atoms with Gasteiger partial charge in [-0.15, -0.1) is 0 Å². The van der Waals surface area contributed by atoms with Crippen molar-refractivity contribution >= 4 is 12.0 Å². The number of urea groups is 1. The van der Waals surface area contributed by atoms with Gasteiger partial charge in [-0.25, -0.2) is 9.59 Å². The molecule has 2 amide bonds. The first-order valence-electron chi connectivity index (χ1n) is 17.3. The van der Waals surface area contributed by atoms with Crippen molar-refractivity contribution in [3.05, 3.63) is 144 Å². The summed E-state index contributed by atoms with van der Waals surface area (Å²) >= 11 is 0. The molecule has 0 spiro atoms. The second kappa shape index (κ2) is 19.7. The molecular weight excluding hydrogens is 648 g/mol.